The summed E-state index contributed by atoms with van der Waals surface area (Å²) in [6.07, 6.45) is 9.10. The normalized spacial score (nSPS) is 44.2. The lowest BCUT2D eigenvalue weighted by Gasteiger charge is -2.49. The van der Waals surface area contributed by atoms with Gasteiger partial charge < -0.3 is 0 Å². The molecule has 0 aromatic carbocycles. The maximum Gasteiger partial charge on any atom is 0.0972 e. The summed E-state index contributed by atoms with van der Waals surface area (Å²) in [4.78, 5) is 5.43. The van der Waals surface area contributed by atoms with Crippen LogP contribution in [0.15, 0.2) is 23.3 Å². The van der Waals surface area contributed by atoms with Crippen LogP contribution in [-0.2, 0) is 0 Å². The van der Waals surface area contributed by atoms with Gasteiger partial charge in [0.1, 0.15) is 0 Å². The Morgan fingerprint density at radius 2 is 1.30 bits per heavy atom. The summed E-state index contributed by atoms with van der Waals surface area (Å²) < 4.78 is 0. The zero-order chi connectivity index (χ0) is 14.2. The minimum atomic E-state index is 0.240. The van der Waals surface area contributed by atoms with Crippen molar-refractivity contribution >= 4 is 0 Å². The number of rotatable bonds is 0. The van der Waals surface area contributed by atoms with Crippen LogP contribution in [0.25, 0.3) is 0 Å². The Morgan fingerprint density at radius 1 is 0.800 bits per heavy atom. The van der Waals surface area contributed by atoms with Crippen molar-refractivity contribution in [3.8, 4) is 0 Å². The van der Waals surface area contributed by atoms with Gasteiger partial charge in [-0.05, 0) is 40.9 Å². The van der Waals surface area contributed by atoms with Crippen LogP contribution in [0.5, 0.6) is 0 Å². The third-order valence-electron chi connectivity index (χ3n) is 6.48. The Balaban J connectivity index is 1.82. The van der Waals surface area contributed by atoms with E-state index < -0.39 is 0 Å². The lowest BCUT2D eigenvalue weighted by Crippen LogP contribution is -2.47. The maximum absolute atomic E-state index is 2.71. The van der Waals surface area contributed by atoms with E-state index >= 15 is 0 Å². The molecule has 4 aliphatic rings. The molecule has 0 radical (unpaired) electrons. The second kappa shape index (κ2) is 3.78. The average molecular weight is 272 g/mol. The Labute approximate surface area is 123 Å². The van der Waals surface area contributed by atoms with E-state index in [1.54, 1.807) is 11.1 Å². The molecule has 110 valence electrons. The van der Waals surface area contributed by atoms with Crippen molar-refractivity contribution in [2.75, 3.05) is 26.2 Å². The number of fused-ring (bicyclic) bond motifs is 1. The minimum absolute atomic E-state index is 0.240. The molecule has 2 aliphatic heterocycles. The molecule has 0 aromatic rings. The zero-order valence-corrected chi connectivity index (χ0v) is 13.5. The second-order valence-corrected chi connectivity index (χ2v) is 8.50. The summed E-state index contributed by atoms with van der Waals surface area (Å²) >= 11 is 0. The number of piperazine rings is 1. The fourth-order valence-electron chi connectivity index (χ4n) is 4.95. The second-order valence-electron chi connectivity index (χ2n) is 8.50. The molecule has 2 heteroatoms. The van der Waals surface area contributed by atoms with E-state index in [-0.39, 0.29) is 5.66 Å². The van der Waals surface area contributed by atoms with E-state index in [2.05, 4.69) is 49.6 Å². The van der Waals surface area contributed by atoms with Gasteiger partial charge in [-0.15, -0.1) is 0 Å². The molecule has 0 N–H and O–H groups in total. The largest absolute Gasteiger partial charge is 0.279 e. The maximum atomic E-state index is 2.71. The lowest BCUT2D eigenvalue weighted by atomic mass is 9.58. The van der Waals surface area contributed by atoms with Crippen LogP contribution in [0.2, 0.25) is 0 Å². The zero-order valence-electron chi connectivity index (χ0n) is 13.5. The summed E-state index contributed by atoms with van der Waals surface area (Å²) in [5, 5.41) is 0. The standard InChI is InChI=1S/C18H28N2/c1-16(2)7-8-17(3,4)15-13-18(6-5-14(15)16)19-9-10-20(18)12-11-19/h5,13H,6-12H2,1-4H3. The fraction of sp³-hybridized carbons (Fsp3) is 0.778. The Morgan fingerprint density at radius 3 is 1.85 bits per heavy atom. The molecular formula is C18H28N2. The van der Waals surface area contributed by atoms with E-state index in [9.17, 15) is 0 Å². The average Bonchev–Trinajstić information content (AvgIpc) is 2.90. The Bertz CT molecular complexity index is 490. The van der Waals surface area contributed by atoms with Crippen LogP contribution < -0.4 is 0 Å². The van der Waals surface area contributed by atoms with Crippen LogP contribution in [-0.4, -0.2) is 41.6 Å². The quantitative estimate of drug-likeness (QED) is 0.667. The molecule has 4 rings (SSSR count). The van der Waals surface area contributed by atoms with Gasteiger partial charge in [0.25, 0.3) is 0 Å². The van der Waals surface area contributed by atoms with Crippen molar-refractivity contribution in [2.24, 2.45) is 10.8 Å². The van der Waals surface area contributed by atoms with Gasteiger partial charge in [0.2, 0.25) is 0 Å². The van der Waals surface area contributed by atoms with Crippen LogP contribution in [0, 0.1) is 10.8 Å². The third-order valence-corrected chi connectivity index (χ3v) is 6.48. The van der Waals surface area contributed by atoms with Gasteiger partial charge in [-0.2, -0.15) is 0 Å². The predicted octanol–water partition coefficient (Wildman–Crippen LogP) is 3.42. The van der Waals surface area contributed by atoms with Gasteiger partial charge in [-0.3, -0.25) is 9.80 Å². The van der Waals surface area contributed by atoms with Gasteiger partial charge in [0, 0.05) is 32.6 Å². The number of hydrogen-bond donors (Lipinski definition) is 0. The summed E-state index contributed by atoms with van der Waals surface area (Å²) in [5.74, 6) is 0. The van der Waals surface area contributed by atoms with Gasteiger partial charge in [0.05, 0.1) is 5.66 Å². The van der Waals surface area contributed by atoms with Crippen molar-refractivity contribution in [1.29, 1.82) is 0 Å². The molecule has 0 amide bonds. The molecule has 20 heavy (non-hydrogen) atoms. The summed E-state index contributed by atoms with van der Waals surface area (Å²) in [6.45, 7) is 14.8. The van der Waals surface area contributed by atoms with E-state index in [0.29, 0.717) is 10.8 Å². The number of allylic oxidation sites excluding steroid dienone is 2. The number of nitrogens with zero attached hydrogens (tertiary/aromatic N) is 2. The van der Waals surface area contributed by atoms with Gasteiger partial charge >= 0.3 is 0 Å². The van der Waals surface area contributed by atoms with E-state index in [4.69, 9.17) is 0 Å². The van der Waals surface area contributed by atoms with Gasteiger partial charge in [-0.1, -0.05) is 33.8 Å². The van der Waals surface area contributed by atoms with Gasteiger partial charge in [0.15, 0.2) is 0 Å². The third kappa shape index (κ3) is 1.52. The van der Waals surface area contributed by atoms with E-state index in [1.807, 2.05) is 0 Å². The van der Waals surface area contributed by atoms with Crippen LogP contribution in [0.3, 0.4) is 0 Å². The molecule has 3 fully saturated rings. The van der Waals surface area contributed by atoms with Gasteiger partial charge in [-0.25, -0.2) is 0 Å². The summed E-state index contributed by atoms with van der Waals surface area (Å²) in [6, 6.07) is 0. The van der Waals surface area contributed by atoms with Crippen molar-refractivity contribution in [2.45, 2.75) is 52.6 Å². The topological polar surface area (TPSA) is 6.48 Å². The molecule has 2 bridgehead atoms. The molecule has 2 nitrogen and oxygen atoms in total. The van der Waals surface area contributed by atoms with Crippen molar-refractivity contribution < 1.29 is 0 Å². The van der Waals surface area contributed by atoms with Crippen LogP contribution in [0.4, 0.5) is 0 Å². The molecule has 2 saturated heterocycles. The predicted molar refractivity (Wildman–Crippen MR) is 83.5 cm³/mol. The molecule has 0 unspecified atom stereocenters. The van der Waals surface area contributed by atoms with Crippen LogP contribution >= 0.6 is 0 Å². The van der Waals surface area contributed by atoms with Crippen molar-refractivity contribution in [1.82, 2.24) is 9.80 Å². The van der Waals surface area contributed by atoms with E-state index in [0.717, 1.165) is 0 Å². The first-order valence-corrected chi connectivity index (χ1v) is 8.30. The molecule has 1 spiro atoms. The first-order chi connectivity index (χ1) is 9.35. The minimum Gasteiger partial charge on any atom is -0.279 e. The molecular weight excluding hydrogens is 244 g/mol. The monoisotopic (exact) mass is 272 g/mol. The molecule has 0 atom stereocenters. The summed E-state index contributed by atoms with van der Waals surface area (Å²) in [7, 11) is 0. The highest BCUT2D eigenvalue weighted by Gasteiger charge is 2.53. The molecule has 2 heterocycles. The first kappa shape index (κ1) is 13.1. The summed E-state index contributed by atoms with van der Waals surface area (Å²) in [5.41, 5.74) is 4.25. The van der Waals surface area contributed by atoms with Crippen molar-refractivity contribution in [3.05, 3.63) is 23.3 Å². The van der Waals surface area contributed by atoms with E-state index in [1.165, 1.54) is 45.4 Å². The molecule has 1 saturated carbocycles. The highest BCUT2D eigenvalue weighted by Crippen LogP contribution is 2.56. The smallest absolute Gasteiger partial charge is 0.0972 e. The highest BCUT2D eigenvalue weighted by atomic mass is 15.5. The number of hydrogen-bond acceptors (Lipinski definition) is 2. The lowest BCUT2D eigenvalue weighted by molar-refractivity contribution is 0.142. The molecule has 0 aromatic heterocycles. The Kier molecular flexibility index (Phi) is 2.47. The first-order valence-electron chi connectivity index (χ1n) is 8.30. The highest BCUT2D eigenvalue weighted by molar-refractivity contribution is 5.48. The molecule has 2 aliphatic carbocycles. The Hall–Kier alpha value is -0.600. The van der Waals surface area contributed by atoms with Crippen molar-refractivity contribution in [3.63, 3.8) is 0 Å². The van der Waals surface area contributed by atoms with Crippen LogP contribution in [0.1, 0.15) is 47.0 Å². The fourth-order valence-corrected chi connectivity index (χ4v) is 4.95. The SMILES string of the molecule is CC1(C)CCC(C)(C)C2=CC3(CC=C21)N1CCN3CC1.